The zero-order chi connectivity index (χ0) is 18.6. The van der Waals surface area contributed by atoms with Gasteiger partial charge in [-0.25, -0.2) is 4.98 Å². The number of aromatic nitrogens is 1. The number of amides is 1. The van der Waals surface area contributed by atoms with Gasteiger partial charge in [0.05, 0.1) is 16.8 Å². The highest BCUT2D eigenvalue weighted by Crippen LogP contribution is 2.24. The van der Waals surface area contributed by atoms with E-state index < -0.39 is 0 Å². The van der Waals surface area contributed by atoms with Crippen molar-refractivity contribution >= 4 is 27.5 Å². The number of para-hydroxylation sites is 1. The number of hydrogen-bond acceptors (Lipinski definition) is 4. The van der Waals surface area contributed by atoms with Crippen LogP contribution < -0.4 is 0 Å². The van der Waals surface area contributed by atoms with Crippen LogP contribution in [0.15, 0.2) is 54.6 Å². The molecule has 1 aliphatic rings. The van der Waals surface area contributed by atoms with Crippen LogP contribution in [0.2, 0.25) is 0 Å². The molecule has 4 rings (SSSR count). The van der Waals surface area contributed by atoms with Crippen LogP contribution in [0.3, 0.4) is 0 Å². The summed E-state index contributed by atoms with van der Waals surface area (Å²) >= 11 is 1.77. The highest BCUT2D eigenvalue weighted by Gasteiger charge is 2.23. The van der Waals surface area contributed by atoms with Gasteiger partial charge < -0.3 is 4.90 Å². The van der Waals surface area contributed by atoms with Gasteiger partial charge in [0.25, 0.3) is 0 Å². The van der Waals surface area contributed by atoms with Gasteiger partial charge in [0, 0.05) is 32.6 Å². The van der Waals surface area contributed by atoms with Crippen LogP contribution in [-0.2, 0) is 11.3 Å². The molecule has 2 aromatic carbocycles. The van der Waals surface area contributed by atoms with Crippen molar-refractivity contribution in [2.45, 2.75) is 25.8 Å². The standard InChI is InChI=1S/C22H25N3OS/c1-17(18-7-3-2-4-8-18)15-22(26)25-13-11-24(12-14-25)16-21-23-19-9-5-6-10-20(19)27-21/h2-10,17H,11-16H2,1H3/t17-/m0/s1. The summed E-state index contributed by atoms with van der Waals surface area (Å²) in [4.78, 5) is 21.8. The van der Waals surface area contributed by atoms with Crippen LogP contribution in [0.1, 0.15) is 29.8 Å². The third-order valence-electron chi connectivity index (χ3n) is 5.27. The fourth-order valence-corrected chi connectivity index (χ4v) is 4.63. The Bertz CT molecular complexity index is 867. The van der Waals surface area contributed by atoms with E-state index in [-0.39, 0.29) is 11.8 Å². The Hall–Kier alpha value is -2.24. The molecule has 4 nitrogen and oxygen atoms in total. The highest BCUT2D eigenvalue weighted by molar-refractivity contribution is 7.18. The molecule has 1 atom stereocenters. The molecule has 1 saturated heterocycles. The van der Waals surface area contributed by atoms with Crippen molar-refractivity contribution < 1.29 is 4.79 Å². The first kappa shape index (κ1) is 18.1. The minimum atomic E-state index is 0.263. The number of rotatable bonds is 5. The van der Waals surface area contributed by atoms with E-state index >= 15 is 0 Å². The third-order valence-corrected chi connectivity index (χ3v) is 6.29. The molecular formula is C22H25N3OS. The molecule has 140 valence electrons. The molecule has 0 aliphatic carbocycles. The van der Waals surface area contributed by atoms with Crippen molar-refractivity contribution in [2.75, 3.05) is 26.2 Å². The van der Waals surface area contributed by atoms with Gasteiger partial charge in [-0.1, -0.05) is 49.4 Å². The highest BCUT2D eigenvalue weighted by atomic mass is 32.1. The van der Waals surface area contributed by atoms with Crippen LogP contribution in [0.5, 0.6) is 0 Å². The number of hydrogen-bond donors (Lipinski definition) is 0. The van der Waals surface area contributed by atoms with Crippen molar-refractivity contribution in [2.24, 2.45) is 0 Å². The van der Waals surface area contributed by atoms with Gasteiger partial charge in [-0.2, -0.15) is 0 Å². The van der Waals surface area contributed by atoms with Crippen molar-refractivity contribution in [1.29, 1.82) is 0 Å². The van der Waals surface area contributed by atoms with E-state index in [1.807, 2.05) is 29.2 Å². The summed E-state index contributed by atoms with van der Waals surface area (Å²) in [6.07, 6.45) is 0.585. The fraction of sp³-hybridized carbons (Fsp3) is 0.364. The Labute approximate surface area is 164 Å². The maximum Gasteiger partial charge on any atom is 0.223 e. The quantitative estimate of drug-likeness (QED) is 0.669. The Morgan fingerprint density at radius 2 is 1.74 bits per heavy atom. The van der Waals surface area contributed by atoms with Gasteiger partial charge in [-0.05, 0) is 23.6 Å². The molecule has 0 radical (unpaired) electrons. The lowest BCUT2D eigenvalue weighted by molar-refractivity contribution is -0.133. The minimum Gasteiger partial charge on any atom is -0.340 e. The molecule has 0 spiro atoms. The summed E-state index contributed by atoms with van der Waals surface area (Å²) in [7, 11) is 0. The molecule has 5 heteroatoms. The number of thiazole rings is 1. The van der Waals surface area contributed by atoms with E-state index in [9.17, 15) is 4.79 Å². The van der Waals surface area contributed by atoms with Crippen LogP contribution in [0, 0.1) is 0 Å². The molecule has 1 fully saturated rings. The Kier molecular flexibility index (Phi) is 5.50. The summed E-state index contributed by atoms with van der Waals surface area (Å²) in [6, 6.07) is 18.6. The second kappa shape index (κ2) is 8.19. The minimum absolute atomic E-state index is 0.263. The molecule has 2 heterocycles. The largest absolute Gasteiger partial charge is 0.340 e. The lowest BCUT2D eigenvalue weighted by Gasteiger charge is -2.34. The van der Waals surface area contributed by atoms with Crippen molar-refractivity contribution in [3.8, 4) is 0 Å². The smallest absolute Gasteiger partial charge is 0.223 e. The lowest BCUT2D eigenvalue weighted by Crippen LogP contribution is -2.48. The average molecular weight is 380 g/mol. The van der Waals surface area contributed by atoms with Gasteiger partial charge >= 0.3 is 0 Å². The van der Waals surface area contributed by atoms with E-state index in [1.54, 1.807) is 11.3 Å². The lowest BCUT2D eigenvalue weighted by atomic mass is 9.97. The van der Waals surface area contributed by atoms with Crippen molar-refractivity contribution in [3.63, 3.8) is 0 Å². The normalized spacial score (nSPS) is 16.6. The molecule has 3 aromatic rings. The Morgan fingerprint density at radius 1 is 1.04 bits per heavy atom. The van der Waals surface area contributed by atoms with E-state index in [4.69, 9.17) is 4.98 Å². The van der Waals surface area contributed by atoms with Gasteiger partial charge in [0.1, 0.15) is 5.01 Å². The van der Waals surface area contributed by atoms with Crippen molar-refractivity contribution in [1.82, 2.24) is 14.8 Å². The summed E-state index contributed by atoms with van der Waals surface area (Å²) in [5.74, 6) is 0.533. The molecule has 0 saturated carbocycles. The van der Waals surface area contributed by atoms with E-state index in [0.29, 0.717) is 6.42 Å². The maximum atomic E-state index is 12.7. The molecule has 0 unspecified atom stereocenters. The van der Waals surface area contributed by atoms with Gasteiger partial charge in [-0.3, -0.25) is 9.69 Å². The summed E-state index contributed by atoms with van der Waals surface area (Å²) in [5, 5.41) is 1.16. The third kappa shape index (κ3) is 4.37. The molecular weight excluding hydrogens is 354 g/mol. The van der Waals surface area contributed by atoms with E-state index in [0.717, 1.165) is 43.2 Å². The zero-order valence-electron chi connectivity index (χ0n) is 15.7. The number of carbonyl (C=O) groups excluding carboxylic acids is 1. The van der Waals surface area contributed by atoms with Crippen LogP contribution in [0.4, 0.5) is 0 Å². The average Bonchev–Trinajstić information content (AvgIpc) is 3.11. The maximum absolute atomic E-state index is 12.7. The van der Waals surface area contributed by atoms with Crippen LogP contribution in [0.25, 0.3) is 10.2 Å². The van der Waals surface area contributed by atoms with E-state index in [1.165, 1.54) is 10.3 Å². The molecule has 1 amide bonds. The molecule has 0 bridgehead atoms. The topological polar surface area (TPSA) is 36.4 Å². The first-order chi connectivity index (χ1) is 13.2. The number of nitrogens with zero attached hydrogens (tertiary/aromatic N) is 3. The molecule has 1 aliphatic heterocycles. The summed E-state index contributed by atoms with van der Waals surface area (Å²) in [6.45, 7) is 6.47. The molecule has 1 aromatic heterocycles. The second-order valence-electron chi connectivity index (χ2n) is 7.25. The monoisotopic (exact) mass is 379 g/mol. The predicted octanol–water partition coefficient (Wildman–Crippen LogP) is 4.13. The Balaban J connectivity index is 1.28. The second-order valence-corrected chi connectivity index (χ2v) is 8.36. The SMILES string of the molecule is C[C@@H](CC(=O)N1CCN(Cc2nc3ccccc3s2)CC1)c1ccccc1. The van der Waals surface area contributed by atoms with Gasteiger partial charge in [-0.15, -0.1) is 11.3 Å². The Morgan fingerprint density at radius 3 is 2.48 bits per heavy atom. The molecule has 27 heavy (non-hydrogen) atoms. The number of benzene rings is 2. The van der Waals surface area contributed by atoms with Crippen LogP contribution in [-0.4, -0.2) is 46.9 Å². The summed E-state index contributed by atoms with van der Waals surface area (Å²) < 4.78 is 1.25. The molecule has 0 N–H and O–H groups in total. The van der Waals surface area contributed by atoms with Crippen LogP contribution >= 0.6 is 11.3 Å². The number of piperazine rings is 1. The van der Waals surface area contributed by atoms with Gasteiger partial charge in [0.15, 0.2) is 0 Å². The van der Waals surface area contributed by atoms with E-state index in [2.05, 4.69) is 42.2 Å². The summed E-state index contributed by atoms with van der Waals surface area (Å²) in [5.41, 5.74) is 2.32. The number of fused-ring (bicyclic) bond motifs is 1. The van der Waals surface area contributed by atoms with Gasteiger partial charge in [0.2, 0.25) is 5.91 Å². The zero-order valence-corrected chi connectivity index (χ0v) is 16.5. The predicted molar refractivity (Wildman–Crippen MR) is 111 cm³/mol. The first-order valence-electron chi connectivity index (χ1n) is 9.58. The first-order valence-corrected chi connectivity index (χ1v) is 10.4. The number of carbonyl (C=O) groups is 1. The fourth-order valence-electron chi connectivity index (χ4n) is 3.62. The van der Waals surface area contributed by atoms with Crippen molar-refractivity contribution in [3.05, 3.63) is 65.2 Å².